The van der Waals surface area contributed by atoms with E-state index >= 15 is 0 Å². The van der Waals surface area contributed by atoms with Gasteiger partial charge in [0.2, 0.25) is 0 Å². The monoisotopic (exact) mass is 318 g/mol. The Kier molecular flexibility index (Phi) is 6.55. The van der Waals surface area contributed by atoms with Crippen molar-refractivity contribution in [2.24, 2.45) is 0 Å². The molecular weight excluding hydrogens is 296 g/mol. The number of rotatable bonds is 8. The molecule has 0 radical (unpaired) electrons. The molecule has 0 aliphatic rings. The third-order valence-electron chi connectivity index (χ3n) is 3.40. The molecule has 0 aliphatic carbocycles. The second kappa shape index (κ2) is 8.64. The van der Waals surface area contributed by atoms with Crippen molar-refractivity contribution in [3.05, 3.63) is 59.7 Å². The van der Waals surface area contributed by atoms with Gasteiger partial charge in [-0.15, -0.1) is 0 Å². The lowest BCUT2D eigenvalue weighted by molar-refractivity contribution is -0.106. The minimum atomic E-state index is -0.372. The molecule has 5 heteroatoms. The fraction of sp³-hybridized carbons (Fsp3) is 0.333. The van der Waals surface area contributed by atoms with E-state index in [0.717, 1.165) is 22.6 Å². The first-order valence-electron chi connectivity index (χ1n) is 7.20. The zero-order valence-corrected chi connectivity index (χ0v) is 13.8. The van der Waals surface area contributed by atoms with Gasteiger partial charge < -0.3 is 23.7 Å². The number of hydrogen-bond acceptors (Lipinski definition) is 5. The van der Waals surface area contributed by atoms with Crippen molar-refractivity contribution in [2.75, 3.05) is 28.4 Å². The molecule has 5 nitrogen and oxygen atoms in total. The highest BCUT2D eigenvalue weighted by atomic mass is 16.7. The Morgan fingerprint density at radius 1 is 0.522 bits per heavy atom. The Bertz CT molecular complexity index is 518. The van der Waals surface area contributed by atoms with Crippen LogP contribution in [-0.4, -0.2) is 28.4 Å². The Labute approximate surface area is 136 Å². The van der Waals surface area contributed by atoms with E-state index < -0.39 is 0 Å². The molecule has 0 saturated carbocycles. The Balaban J connectivity index is 2.04. The second-order valence-electron chi connectivity index (χ2n) is 4.85. The number of benzene rings is 2. The molecule has 0 spiro atoms. The van der Waals surface area contributed by atoms with E-state index in [4.69, 9.17) is 23.7 Å². The van der Waals surface area contributed by atoms with E-state index in [1.807, 2.05) is 48.5 Å². The number of hydrogen-bond donors (Lipinski definition) is 0. The summed E-state index contributed by atoms with van der Waals surface area (Å²) in [6.07, 6.45) is -0.744. The maximum Gasteiger partial charge on any atom is 0.183 e. The van der Waals surface area contributed by atoms with Crippen molar-refractivity contribution >= 4 is 0 Å². The highest BCUT2D eigenvalue weighted by Gasteiger charge is 2.10. The summed E-state index contributed by atoms with van der Waals surface area (Å²) in [5.41, 5.74) is 1.86. The Hall–Kier alpha value is -1.92. The number of ether oxygens (including phenoxy) is 5. The molecule has 2 rings (SSSR count). The van der Waals surface area contributed by atoms with Gasteiger partial charge in [-0.1, -0.05) is 24.3 Å². The minimum Gasteiger partial charge on any atom is -0.457 e. The van der Waals surface area contributed by atoms with Crippen molar-refractivity contribution in [2.45, 2.75) is 12.6 Å². The third kappa shape index (κ3) is 4.53. The van der Waals surface area contributed by atoms with Gasteiger partial charge in [0, 0.05) is 39.6 Å². The van der Waals surface area contributed by atoms with Gasteiger partial charge in [-0.2, -0.15) is 0 Å². The zero-order valence-electron chi connectivity index (χ0n) is 13.8. The molecule has 23 heavy (non-hydrogen) atoms. The quantitative estimate of drug-likeness (QED) is 0.687. The highest BCUT2D eigenvalue weighted by molar-refractivity contribution is 5.35. The molecule has 0 unspecified atom stereocenters. The Morgan fingerprint density at radius 3 is 1.09 bits per heavy atom. The molecule has 0 saturated heterocycles. The van der Waals surface area contributed by atoms with Crippen LogP contribution in [0.1, 0.15) is 23.7 Å². The van der Waals surface area contributed by atoms with Gasteiger partial charge in [-0.05, 0) is 24.3 Å². The van der Waals surface area contributed by atoms with Crippen LogP contribution in [0.3, 0.4) is 0 Å². The summed E-state index contributed by atoms with van der Waals surface area (Å²) in [5, 5.41) is 0. The van der Waals surface area contributed by atoms with E-state index in [0.29, 0.717) is 0 Å². The van der Waals surface area contributed by atoms with Gasteiger partial charge in [0.25, 0.3) is 0 Å². The average molecular weight is 318 g/mol. The first kappa shape index (κ1) is 17.4. The zero-order chi connectivity index (χ0) is 16.7. The van der Waals surface area contributed by atoms with Gasteiger partial charge in [-0.3, -0.25) is 0 Å². The lowest BCUT2D eigenvalue weighted by Crippen LogP contribution is -2.03. The maximum absolute atomic E-state index is 5.82. The first-order valence-corrected chi connectivity index (χ1v) is 7.20. The second-order valence-corrected chi connectivity index (χ2v) is 4.85. The fourth-order valence-corrected chi connectivity index (χ4v) is 2.26. The van der Waals surface area contributed by atoms with Crippen LogP contribution >= 0.6 is 0 Å². The normalized spacial score (nSPS) is 11.2. The van der Waals surface area contributed by atoms with Crippen molar-refractivity contribution in [1.29, 1.82) is 0 Å². The predicted molar refractivity (Wildman–Crippen MR) is 86.5 cm³/mol. The summed E-state index contributed by atoms with van der Waals surface area (Å²) in [6, 6.07) is 15.1. The molecule has 0 atom stereocenters. The lowest BCUT2D eigenvalue weighted by atomic mass is 10.2. The molecule has 0 fully saturated rings. The molecule has 2 aromatic rings. The standard InChI is InChI=1S/C18H22O5/c1-19-17(20-2)13-5-9-15(10-6-13)23-16-11-7-14(8-12-16)18(21-3)22-4/h5-12,17-18H,1-4H3. The maximum atomic E-state index is 5.82. The topological polar surface area (TPSA) is 46.2 Å². The summed E-state index contributed by atoms with van der Waals surface area (Å²) in [6.45, 7) is 0. The van der Waals surface area contributed by atoms with Crippen LogP contribution in [0.2, 0.25) is 0 Å². The summed E-state index contributed by atoms with van der Waals surface area (Å²) in [7, 11) is 6.42. The van der Waals surface area contributed by atoms with Crippen molar-refractivity contribution in [3.8, 4) is 11.5 Å². The van der Waals surface area contributed by atoms with Crippen LogP contribution in [0.15, 0.2) is 48.5 Å². The van der Waals surface area contributed by atoms with E-state index in [1.165, 1.54) is 0 Å². The minimum absolute atomic E-state index is 0.372. The van der Waals surface area contributed by atoms with E-state index in [-0.39, 0.29) is 12.6 Å². The van der Waals surface area contributed by atoms with Crippen LogP contribution in [-0.2, 0) is 18.9 Å². The molecule has 0 N–H and O–H groups in total. The van der Waals surface area contributed by atoms with E-state index in [2.05, 4.69) is 0 Å². The van der Waals surface area contributed by atoms with Gasteiger partial charge in [0.1, 0.15) is 11.5 Å². The van der Waals surface area contributed by atoms with Crippen LogP contribution < -0.4 is 4.74 Å². The molecule has 0 bridgehead atoms. The van der Waals surface area contributed by atoms with Crippen LogP contribution in [0.5, 0.6) is 11.5 Å². The molecule has 0 heterocycles. The highest BCUT2D eigenvalue weighted by Crippen LogP contribution is 2.26. The van der Waals surface area contributed by atoms with Gasteiger partial charge in [0.15, 0.2) is 12.6 Å². The molecule has 0 amide bonds. The Morgan fingerprint density at radius 2 is 0.826 bits per heavy atom. The largest absolute Gasteiger partial charge is 0.457 e. The molecule has 124 valence electrons. The van der Waals surface area contributed by atoms with Crippen LogP contribution in [0.4, 0.5) is 0 Å². The van der Waals surface area contributed by atoms with E-state index in [9.17, 15) is 0 Å². The van der Waals surface area contributed by atoms with Crippen molar-refractivity contribution in [3.63, 3.8) is 0 Å². The molecule has 2 aromatic carbocycles. The van der Waals surface area contributed by atoms with Crippen LogP contribution in [0, 0.1) is 0 Å². The third-order valence-corrected chi connectivity index (χ3v) is 3.40. The number of methoxy groups -OCH3 is 4. The lowest BCUT2D eigenvalue weighted by Gasteiger charge is -2.15. The van der Waals surface area contributed by atoms with Crippen molar-refractivity contribution in [1.82, 2.24) is 0 Å². The molecule has 0 aliphatic heterocycles. The summed E-state index contributed by atoms with van der Waals surface area (Å²) in [5.74, 6) is 1.48. The van der Waals surface area contributed by atoms with Crippen molar-refractivity contribution < 1.29 is 23.7 Å². The van der Waals surface area contributed by atoms with E-state index in [1.54, 1.807) is 28.4 Å². The van der Waals surface area contributed by atoms with Gasteiger partial charge in [-0.25, -0.2) is 0 Å². The summed E-state index contributed by atoms with van der Waals surface area (Å²) in [4.78, 5) is 0. The summed E-state index contributed by atoms with van der Waals surface area (Å²) < 4.78 is 26.7. The van der Waals surface area contributed by atoms with Crippen LogP contribution in [0.25, 0.3) is 0 Å². The average Bonchev–Trinajstić information content (AvgIpc) is 2.60. The van der Waals surface area contributed by atoms with Gasteiger partial charge >= 0.3 is 0 Å². The predicted octanol–water partition coefficient (Wildman–Crippen LogP) is 4.06. The molecular formula is C18H22O5. The fourth-order valence-electron chi connectivity index (χ4n) is 2.26. The smallest absolute Gasteiger partial charge is 0.183 e. The molecule has 0 aromatic heterocycles. The SMILES string of the molecule is COC(OC)c1ccc(Oc2ccc(C(OC)OC)cc2)cc1. The van der Waals surface area contributed by atoms with Gasteiger partial charge in [0.05, 0.1) is 0 Å². The first-order chi connectivity index (χ1) is 11.2. The summed E-state index contributed by atoms with van der Waals surface area (Å²) >= 11 is 0.